The summed E-state index contributed by atoms with van der Waals surface area (Å²) in [6.45, 7) is 2.82. The van der Waals surface area contributed by atoms with E-state index in [2.05, 4.69) is 4.99 Å². The fraction of sp³-hybridized carbons (Fsp3) is 0.357. The Hall–Kier alpha value is -1.85. The highest BCUT2D eigenvalue weighted by Crippen LogP contribution is 2.53. The van der Waals surface area contributed by atoms with Crippen LogP contribution in [0.15, 0.2) is 29.3 Å². The van der Waals surface area contributed by atoms with Gasteiger partial charge in [0.2, 0.25) is 11.5 Å². The molecule has 1 aromatic carbocycles. The van der Waals surface area contributed by atoms with E-state index >= 15 is 0 Å². The predicted octanol–water partition coefficient (Wildman–Crippen LogP) is 0.439. The molecule has 1 aliphatic heterocycles. The quantitative estimate of drug-likeness (QED) is 0.766. The van der Waals surface area contributed by atoms with E-state index in [9.17, 15) is 19.8 Å². The summed E-state index contributed by atoms with van der Waals surface area (Å²) in [7, 11) is 0. The maximum absolute atomic E-state index is 12.4. The molecule has 0 saturated carbocycles. The van der Waals surface area contributed by atoms with E-state index in [0.29, 0.717) is 0 Å². The molecular formula is C14H13NO4. The Morgan fingerprint density at radius 1 is 1.32 bits per heavy atom. The Morgan fingerprint density at radius 2 is 1.95 bits per heavy atom. The smallest absolute Gasteiger partial charge is 0.220 e. The van der Waals surface area contributed by atoms with E-state index in [0.717, 1.165) is 0 Å². The number of hydrogen-bond donors (Lipinski definition) is 2. The zero-order valence-electron chi connectivity index (χ0n) is 10.5. The Kier molecular flexibility index (Phi) is 2.17. The molecule has 1 unspecified atom stereocenters. The molecule has 3 atom stereocenters. The molecule has 0 spiro atoms. The van der Waals surface area contributed by atoms with Gasteiger partial charge in [0.05, 0.1) is 5.92 Å². The van der Waals surface area contributed by atoms with E-state index in [1.54, 1.807) is 18.2 Å². The lowest BCUT2D eigenvalue weighted by Gasteiger charge is -2.31. The van der Waals surface area contributed by atoms with Crippen molar-refractivity contribution in [1.82, 2.24) is 0 Å². The summed E-state index contributed by atoms with van der Waals surface area (Å²) in [5.41, 5.74) is -3.52. The number of Topliss-reactive ketones (excluding diaryl/α,β-unsaturated/α-hetero) is 2. The first-order valence-electron chi connectivity index (χ1n) is 6.00. The minimum Gasteiger partial charge on any atom is -0.376 e. The second kappa shape index (κ2) is 3.37. The van der Waals surface area contributed by atoms with Crippen LogP contribution in [-0.2, 0) is 10.5 Å². The average Bonchev–Trinajstić information content (AvgIpc) is 2.65. The highest BCUT2D eigenvalue weighted by atomic mass is 16.4. The lowest BCUT2D eigenvalue weighted by Crippen LogP contribution is -2.55. The maximum Gasteiger partial charge on any atom is 0.220 e. The molecule has 1 aliphatic carbocycles. The molecule has 0 amide bonds. The molecule has 0 aromatic heterocycles. The van der Waals surface area contributed by atoms with Crippen LogP contribution < -0.4 is 0 Å². The second-order valence-corrected chi connectivity index (χ2v) is 5.11. The van der Waals surface area contributed by atoms with Gasteiger partial charge in [0, 0.05) is 16.8 Å². The second-order valence-electron chi connectivity index (χ2n) is 5.11. The number of aliphatic hydroxyl groups is 2. The SMILES string of the molecule is CC(=O)C1C(C)=N[C@@]2(O)c3ccccc3C(=O)[C@]12O. The number of hydrogen-bond acceptors (Lipinski definition) is 5. The van der Waals surface area contributed by atoms with Crippen molar-refractivity contribution >= 4 is 17.3 Å². The summed E-state index contributed by atoms with van der Waals surface area (Å²) < 4.78 is 0. The van der Waals surface area contributed by atoms with Crippen molar-refractivity contribution in [2.75, 3.05) is 0 Å². The zero-order valence-corrected chi connectivity index (χ0v) is 10.5. The number of fused-ring (bicyclic) bond motifs is 3. The highest BCUT2D eigenvalue weighted by Gasteiger charge is 2.71. The van der Waals surface area contributed by atoms with Crippen LogP contribution in [-0.4, -0.2) is 33.1 Å². The van der Waals surface area contributed by atoms with Crippen molar-refractivity contribution in [2.24, 2.45) is 10.9 Å². The lowest BCUT2D eigenvalue weighted by atomic mass is 9.78. The lowest BCUT2D eigenvalue weighted by molar-refractivity contribution is -0.142. The van der Waals surface area contributed by atoms with Gasteiger partial charge in [-0.05, 0) is 13.8 Å². The van der Waals surface area contributed by atoms with Crippen LogP contribution in [0.5, 0.6) is 0 Å². The molecule has 3 rings (SSSR count). The van der Waals surface area contributed by atoms with Gasteiger partial charge < -0.3 is 10.2 Å². The third-order valence-corrected chi connectivity index (χ3v) is 4.01. The van der Waals surface area contributed by atoms with E-state index in [-0.39, 0.29) is 22.6 Å². The fourth-order valence-corrected chi connectivity index (χ4v) is 3.24. The maximum atomic E-state index is 12.4. The van der Waals surface area contributed by atoms with E-state index < -0.39 is 23.0 Å². The molecule has 0 radical (unpaired) electrons. The highest BCUT2D eigenvalue weighted by molar-refractivity contribution is 6.19. The number of aliphatic imine (C=N–C) groups is 1. The van der Waals surface area contributed by atoms with Gasteiger partial charge in [-0.3, -0.25) is 14.6 Å². The van der Waals surface area contributed by atoms with Crippen LogP contribution in [0.25, 0.3) is 0 Å². The number of rotatable bonds is 1. The van der Waals surface area contributed by atoms with Crippen molar-refractivity contribution in [3.05, 3.63) is 35.4 Å². The van der Waals surface area contributed by atoms with Crippen LogP contribution >= 0.6 is 0 Å². The first kappa shape index (κ1) is 12.2. The van der Waals surface area contributed by atoms with Crippen molar-refractivity contribution in [2.45, 2.75) is 25.2 Å². The van der Waals surface area contributed by atoms with Crippen LogP contribution in [0, 0.1) is 5.92 Å². The molecule has 2 aliphatic rings. The Balaban J connectivity index is 2.33. The van der Waals surface area contributed by atoms with Gasteiger partial charge in [0.1, 0.15) is 5.78 Å². The number of benzene rings is 1. The average molecular weight is 259 g/mol. The molecule has 1 aromatic rings. The summed E-state index contributed by atoms with van der Waals surface area (Å²) in [6, 6.07) is 6.37. The van der Waals surface area contributed by atoms with Crippen LogP contribution in [0.2, 0.25) is 0 Å². The van der Waals surface area contributed by atoms with Gasteiger partial charge in [0.25, 0.3) is 0 Å². The third kappa shape index (κ3) is 1.14. The van der Waals surface area contributed by atoms with Gasteiger partial charge in [0.15, 0.2) is 5.60 Å². The summed E-state index contributed by atoms with van der Waals surface area (Å²) in [6.07, 6.45) is 0. The van der Waals surface area contributed by atoms with Crippen LogP contribution in [0.4, 0.5) is 0 Å². The number of carbonyl (C=O) groups excluding carboxylic acids is 2. The minimum absolute atomic E-state index is 0.218. The van der Waals surface area contributed by atoms with Crippen LogP contribution in [0.3, 0.4) is 0 Å². The zero-order chi connectivity index (χ0) is 14.0. The number of ketones is 2. The molecule has 1 heterocycles. The van der Waals surface area contributed by atoms with Crippen LogP contribution in [0.1, 0.15) is 29.8 Å². The molecule has 2 N–H and O–H groups in total. The summed E-state index contributed by atoms with van der Waals surface area (Å²) in [5, 5.41) is 21.4. The third-order valence-electron chi connectivity index (χ3n) is 4.01. The number of carbonyl (C=O) groups is 2. The van der Waals surface area contributed by atoms with Crippen molar-refractivity contribution in [3.63, 3.8) is 0 Å². The summed E-state index contributed by atoms with van der Waals surface area (Å²) >= 11 is 0. The largest absolute Gasteiger partial charge is 0.376 e. The van der Waals surface area contributed by atoms with E-state index in [1.165, 1.54) is 19.9 Å². The van der Waals surface area contributed by atoms with Crippen molar-refractivity contribution in [3.8, 4) is 0 Å². The topological polar surface area (TPSA) is 87.0 Å². The van der Waals surface area contributed by atoms with E-state index in [4.69, 9.17) is 0 Å². The van der Waals surface area contributed by atoms with Gasteiger partial charge in [-0.1, -0.05) is 24.3 Å². The normalized spacial score (nSPS) is 35.9. The van der Waals surface area contributed by atoms with Gasteiger partial charge in [-0.25, -0.2) is 0 Å². The molecule has 0 fully saturated rings. The Bertz CT molecular complexity index is 651. The minimum atomic E-state index is -2.22. The molecule has 5 heteroatoms. The summed E-state index contributed by atoms with van der Waals surface area (Å²) in [4.78, 5) is 28.2. The summed E-state index contributed by atoms with van der Waals surface area (Å²) in [5.74, 6) is -2.13. The first-order valence-corrected chi connectivity index (χ1v) is 6.00. The molecule has 0 bridgehead atoms. The monoisotopic (exact) mass is 259 g/mol. The van der Waals surface area contributed by atoms with Gasteiger partial charge >= 0.3 is 0 Å². The molecule has 0 saturated heterocycles. The molecule has 98 valence electrons. The first-order chi connectivity index (χ1) is 8.84. The van der Waals surface area contributed by atoms with Gasteiger partial charge in [-0.2, -0.15) is 0 Å². The van der Waals surface area contributed by atoms with E-state index in [1.807, 2.05) is 0 Å². The van der Waals surface area contributed by atoms with Gasteiger partial charge in [-0.15, -0.1) is 0 Å². The molecular weight excluding hydrogens is 246 g/mol. The molecule has 5 nitrogen and oxygen atoms in total. The number of nitrogens with zero attached hydrogens (tertiary/aromatic N) is 1. The Labute approximate surface area is 109 Å². The Morgan fingerprint density at radius 3 is 2.58 bits per heavy atom. The fourth-order valence-electron chi connectivity index (χ4n) is 3.24. The van der Waals surface area contributed by atoms with Crippen molar-refractivity contribution < 1.29 is 19.8 Å². The molecule has 19 heavy (non-hydrogen) atoms. The predicted molar refractivity (Wildman–Crippen MR) is 66.9 cm³/mol. The standard InChI is InChI=1S/C14H13NO4/c1-7-11(8(2)16)13(18)12(17)9-5-3-4-6-10(9)14(13,19)15-7/h3-6,11,18-19H,1-2H3/t11?,13-,14-/m1/s1. The van der Waals surface area contributed by atoms with Crippen molar-refractivity contribution in [1.29, 1.82) is 0 Å².